The zero-order valence-corrected chi connectivity index (χ0v) is 14.9. The van der Waals surface area contributed by atoms with Gasteiger partial charge < -0.3 is 10.0 Å². The highest BCUT2D eigenvalue weighted by atomic mass is 79.9. The van der Waals surface area contributed by atoms with E-state index in [9.17, 15) is 9.50 Å². The van der Waals surface area contributed by atoms with Crippen LogP contribution in [0.4, 0.5) is 4.39 Å². The molecule has 0 saturated heterocycles. The Balaban J connectivity index is 2.33. The Bertz CT molecular complexity index is 610. The third-order valence-corrected chi connectivity index (χ3v) is 4.12. The van der Waals surface area contributed by atoms with E-state index in [0.29, 0.717) is 26.7 Å². The molecule has 1 N–H and O–H groups in total. The van der Waals surface area contributed by atoms with Gasteiger partial charge in [-0.2, -0.15) is 5.10 Å². The largest absolute Gasteiger partial charge is 0.382 e. The molecule has 114 valence electrons. The predicted molar refractivity (Wildman–Crippen MR) is 86.6 cm³/mol. The molecule has 2 rings (SSSR count). The molecule has 1 aromatic heterocycles. The smallest absolute Gasteiger partial charge is 0.124 e. The van der Waals surface area contributed by atoms with Gasteiger partial charge in [-0.3, -0.25) is 4.68 Å². The number of benzene rings is 1. The van der Waals surface area contributed by atoms with Crippen molar-refractivity contribution in [2.24, 2.45) is 0 Å². The zero-order valence-electron chi connectivity index (χ0n) is 11.7. The number of halogens is 3. The predicted octanol–water partition coefficient (Wildman–Crippen LogP) is 3.19. The van der Waals surface area contributed by atoms with Crippen LogP contribution in [0.2, 0.25) is 0 Å². The Morgan fingerprint density at radius 2 is 2.05 bits per heavy atom. The van der Waals surface area contributed by atoms with Crippen LogP contribution >= 0.6 is 31.9 Å². The van der Waals surface area contributed by atoms with Crippen molar-refractivity contribution in [2.45, 2.75) is 12.6 Å². The molecule has 1 aromatic carbocycles. The fraction of sp³-hybridized carbons (Fsp3) is 0.357. The van der Waals surface area contributed by atoms with E-state index in [1.165, 1.54) is 12.1 Å². The molecule has 2 aromatic rings. The summed E-state index contributed by atoms with van der Waals surface area (Å²) in [6.07, 6.45) is 0.693. The number of hydrogen-bond donors (Lipinski definition) is 1. The van der Waals surface area contributed by atoms with Crippen molar-refractivity contribution in [1.29, 1.82) is 0 Å². The second-order valence-electron chi connectivity index (χ2n) is 5.01. The van der Waals surface area contributed by atoms with E-state index in [-0.39, 0.29) is 0 Å². The first-order chi connectivity index (χ1) is 9.88. The molecule has 0 aliphatic carbocycles. The Labute approximate surface area is 139 Å². The van der Waals surface area contributed by atoms with Gasteiger partial charge in [-0.15, -0.1) is 0 Å². The monoisotopic (exact) mass is 419 g/mol. The highest BCUT2D eigenvalue weighted by molar-refractivity contribution is 9.10. The van der Waals surface area contributed by atoms with Crippen LogP contribution in [0.5, 0.6) is 0 Å². The first-order valence-electron chi connectivity index (χ1n) is 6.38. The van der Waals surface area contributed by atoms with E-state index in [4.69, 9.17) is 0 Å². The van der Waals surface area contributed by atoms with Gasteiger partial charge >= 0.3 is 0 Å². The minimum Gasteiger partial charge on any atom is -0.382 e. The average molecular weight is 421 g/mol. The van der Waals surface area contributed by atoms with E-state index in [0.717, 1.165) is 6.54 Å². The molecule has 0 amide bonds. The molecule has 21 heavy (non-hydrogen) atoms. The van der Waals surface area contributed by atoms with Crippen LogP contribution in [-0.4, -0.2) is 40.4 Å². The van der Waals surface area contributed by atoms with Gasteiger partial charge in [-0.25, -0.2) is 4.39 Å². The van der Waals surface area contributed by atoms with Crippen LogP contribution in [-0.2, 0) is 6.54 Å². The molecule has 1 unspecified atom stereocenters. The van der Waals surface area contributed by atoms with Crippen LogP contribution in [0.1, 0.15) is 17.4 Å². The first-order valence-corrected chi connectivity index (χ1v) is 7.97. The zero-order chi connectivity index (χ0) is 15.6. The van der Waals surface area contributed by atoms with Crippen LogP contribution in [0.3, 0.4) is 0 Å². The minimum atomic E-state index is -0.948. The van der Waals surface area contributed by atoms with Crippen LogP contribution in [0.15, 0.2) is 33.3 Å². The Morgan fingerprint density at radius 3 is 2.67 bits per heavy atom. The number of hydrogen-bond acceptors (Lipinski definition) is 3. The van der Waals surface area contributed by atoms with Gasteiger partial charge in [0, 0.05) is 11.0 Å². The summed E-state index contributed by atoms with van der Waals surface area (Å²) in [5.41, 5.74) is 1.10. The third-order valence-electron chi connectivity index (χ3n) is 3.05. The lowest BCUT2D eigenvalue weighted by atomic mass is 10.1. The van der Waals surface area contributed by atoms with Gasteiger partial charge in [-0.1, -0.05) is 15.9 Å². The van der Waals surface area contributed by atoms with E-state index in [1.807, 2.05) is 19.0 Å². The lowest BCUT2D eigenvalue weighted by Crippen LogP contribution is -2.21. The topological polar surface area (TPSA) is 41.3 Å². The van der Waals surface area contributed by atoms with Crippen molar-refractivity contribution in [3.8, 4) is 0 Å². The third kappa shape index (κ3) is 4.12. The quantitative estimate of drug-likeness (QED) is 0.807. The fourth-order valence-corrected chi connectivity index (χ4v) is 3.00. The van der Waals surface area contributed by atoms with Crippen molar-refractivity contribution in [3.05, 3.63) is 50.4 Å². The van der Waals surface area contributed by atoms with E-state index in [2.05, 4.69) is 37.0 Å². The maximum atomic E-state index is 13.5. The molecule has 0 aliphatic rings. The summed E-state index contributed by atoms with van der Waals surface area (Å²) >= 11 is 6.64. The summed E-state index contributed by atoms with van der Waals surface area (Å²) in [5.74, 6) is -0.395. The molecule has 0 aliphatic heterocycles. The first kappa shape index (κ1) is 16.6. The second kappa shape index (κ2) is 7.00. The summed E-state index contributed by atoms with van der Waals surface area (Å²) in [7, 11) is 3.94. The summed E-state index contributed by atoms with van der Waals surface area (Å²) in [6, 6.07) is 4.38. The number of rotatable bonds is 5. The highest BCUT2D eigenvalue weighted by Gasteiger charge is 2.20. The summed E-state index contributed by atoms with van der Waals surface area (Å²) in [6.45, 7) is 1.43. The molecule has 1 atom stereocenters. The number of nitrogens with zero attached hydrogens (tertiary/aromatic N) is 3. The number of aromatic nitrogens is 2. The molecule has 1 heterocycles. The SMILES string of the molecule is CN(C)CCn1ncc(Br)c1C(O)c1cc(F)cc(Br)c1. The summed E-state index contributed by atoms with van der Waals surface area (Å²) in [5, 5.41) is 14.8. The van der Waals surface area contributed by atoms with E-state index in [1.54, 1.807) is 16.9 Å². The van der Waals surface area contributed by atoms with Gasteiger partial charge in [0.1, 0.15) is 11.9 Å². The molecule has 0 bridgehead atoms. The van der Waals surface area contributed by atoms with Crippen molar-refractivity contribution < 1.29 is 9.50 Å². The Morgan fingerprint density at radius 1 is 1.33 bits per heavy atom. The maximum absolute atomic E-state index is 13.5. The molecule has 0 saturated carbocycles. The average Bonchev–Trinajstić information content (AvgIpc) is 2.75. The highest BCUT2D eigenvalue weighted by Crippen LogP contribution is 2.30. The molecule has 0 fully saturated rings. The van der Waals surface area contributed by atoms with Crippen LogP contribution in [0, 0.1) is 5.82 Å². The fourth-order valence-electron chi connectivity index (χ4n) is 2.01. The van der Waals surface area contributed by atoms with Gasteiger partial charge in [-0.05, 0) is 53.8 Å². The maximum Gasteiger partial charge on any atom is 0.124 e. The Kier molecular flexibility index (Phi) is 5.54. The van der Waals surface area contributed by atoms with Crippen molar-refractivity contribution in [3.63, 3.8) is 0 Å². The summed E-state index contributed by atoms with van der Waals surface area (Å²) < 4.78 is 16.5. The van der Waals surface area contributed by atoms with Gasteiger partial charge in [0.15, 0.2) is 0 Å². The molecule has 0 spiro atoms. The lowest BCUT2D eigenvalue weighted by Gasteiger charge is -2.17. The van der Waals surface area contributed by atoms with Gasteiger partial charge in [0.05, 0.1) is 22.9 Å². The number of likely N-dealkylation sites (N-methyl/N-ethyl adjacent to an activating group) is 1. The van der Waals surface area contributed by atoms with Crippen molar-refractivity contribution in [2.75, 3.05) is 20.6 Å². The van der Waals surface area contributed by atoms with Gasteiger partial charge in [0.2, 0.25) is 0 Å². The lowest BCUT2D eigenvalue weighted by molar-refractivity contribution is 0.204. The van der Waals surface area contributed by atoms with Crippen molar-refractivity contribution >= 4 is 31.9 Å². The van der Waals surface area contributed by atoms with Crippen LogP contribution < -0.4 is 0 Å². The normalized spacial score (nSPS) is 12.9. The van der Waals surface area contributed by atoms with E-state index < -0.39 is 11.9 Å². The van der Waals surface area contributed by atoms with E-state index >= 15 is 0 Å². The standard InChI is InChI=1S/C14H16Br2FN3O/c1-19(2)3-4-20-13(12(16)8-18-20)14(21)9-5-10(15)7-11(17)6-9/h5-8,14,21H,3-4H2,1-2H3. The molecule has 7 heteroatoms. The van der Waals surface area contributed by atoms with Crippen LogP contribution in [0.25, 0.3) is 0 Å². The second-order valence-corrected chi connectivity index (χ2v) is 6.78. The molecular weight excluding hydrogens is 405 g/mol. The van der Waals surface area contributed by atoms with Gasteiger partial charge in [0.25, 0.3) is 0 Å². The number of aliphatic hydroxyl groups is 1. The number of aliphatic hydroxyl groups excluding tert-OH is 1. The minimum absolute atomic E-state index is 0.395. The Hall–Kier alpha value is -0.760. The van der Waals surface area contributed by atoms with Crippen molar-refractivity contribution in [1.82, 2.24) is 14.7 Å². The molecular formula is C14H16Br2FN3O. The molecule has 0 radical (unpaired) electrons. The summed E-state index contributed by atoms with van der Waals surface area (Å²) in [4.78, 5) is 2.03. The molecule has 4 nitrogen and oxygen atoms in total.